The summed E-state index contributed by atoms with van der Waals surface area (Å²) in [5, 5.41) is 0. The minimum Gasteiger partial charge on any atom is -0.384 e. The normalized spacial score (nSPS) is 17.2. The third-order valence-electron chi connectivity index (χ3n) is 7.97. The van der Waals surface area contributed by atoms with E-state index >= 15 is 0 Å². The number of pyridine rings is 1. The Kier molecular flexibility index (Phi) is 7.79. The third kappa shape index (κ3) is 5.67. The molecule has 0 atom stereocenters. The molecule has 7 nitrogen and oxygen atoms in total. The van der Waals surface area contributed by atoms with Gasteiger partial charge >= 0.3 is 0 Å². The van der Waals surface area contributed by atoms with Gasteiger partial charge < -0.3 is 10.6 Å². The van der Waals surface area contributed by atoms with Crippen molar-refractivity contribution in [2.24, 2.45) is 5.92 Å². The van der Waals surface area contributed by atoms with Crippen LogP contribution >= 0.6 is 0 Å². The molecular formula is C30H38N6O. The smallest absolute Gasteiger partial charge is 0.254 e. The lowest BCUT2D eigenvalue weighted by molar-refractivity contribution is 0.0605. The van der Waals surface area contributed by atoms with E-state index in [1.807, 2.05) is 30.0 Å². The summed E-state index contributed by atoms with van der Waals surface area (Å²) in [5.41, 5.74) is 12.2. The van der Waals surface area contributed by atoms with Crippen LogP contribution in [-0.2, 0) is 6.42 Å². The van der Waals surface area contributed by atoms with Gasteiger partial charge in [-0.1, -0.05) is 32.3 Å². The highest BCUT2D eigenvalue weighted by atomic mass is 16.2. The third-order valence-corrected chi connectivity index (χ3v) is 7.97. The van der Waals surface area contributed by atoms with E-state index in [9.17, 15) is 4.79 Å². The fraction of sp³-hybridized carbons (Fsp3) is 0.467. The highest BCUT2D eigenvalue weighted by Gasteiger charge is 2.26. The van der Waals surface area contributed by atoms with Crippen molar-refractivity contribution in [3.63, 3.8) is 0 Å². The average molecular weight is 499 g/mol. The summed E-state index contributed by atoms with van der Waals surface area (Å²) in [6, 6.07) is 9.80. The number of benzene rings is 1. The predicted molar refractivity (Wildman–Crippen MR) is 148 cm³/mol. The lowest BCUT2D eigenvalue weighted by Crippen LogP contribution is -2.50. The molecule has 2 N–H and O–H groups in total. The number of nitrogens with zero attached hydrogens (tertiary/aromatic N) is 5. The van der Waals surface area contributed by atoms with E-state index in [4.69, 9.17) is 5.73 Å². The van der Waals surface area contributed by atoms with Crippen LogP contribution in [0, 0.1) is 12.8 Å². The molecule has 0 spiro atoms. The molecule has 5 rings (SSSR count). The van der Waals surface area contributed by atoms with Crippen molar-refractivity contribution in [3.8, 4) is 22.4 Å². The molecule has 3 aromatic rings. The molecule has 37 heavy (non-hydrogen) atoms. The number of hydrogen-bond acceptors (Lipinski definition) is 6. The Hall–Kier alpha value is -3.32. The van der Waals surface area contributed by atoms with Gasteiger partial charge in [0.2, 0.25) is 0 Å². The standard InChI is InChI=1S/C30H38N6O/c1-3-26-28(24-10-12-27(31)32-18-24)29(34-20-33-26)23-9-11-25(21(2)17-23)30(37)36-15-13-35(14-16-36)19-22-7-5-4-6-8-22/h9-12,17-18,20,22H,3-8,13-16,19H2,1-2H3,(H2,31,32). The first kappa shape index (κ1) is 25.3. The molecule has 2 aromatic heterocycles. The average Bonchev–Trinajstić information content (AvgIpc) is 2.93. The predicted octanol–water partition coefficient (Wildman–Crippen LogP) is 5.00. The molecular weight excluding hydrogens is 460 g/mol. The fourth-order valence-electron chi connectivity index (χ4n) is 5.86. The van der Waals surface area contributed by atoms with Crippen molar-refractivity contribution in [1.29, 1.82) is 0 Å². The molecule has 1 saturated heterocycles. The van der Waals surface area contributed by atoms with E-state index in [1.54, 1.807) is 18.6 Å². The van der Waals surface area contributed by atoms with Crippen molar-refractivity contribution < 1.29 is 4.79 Å². The first-order valence-corrected chi connectivity index (χ1v) is 13.7. The number of rotatable bonds is 6. The van der Waals surface area contributed by atoms with Crippen LogP contribution in [0.3, 0.4) is 0 Å². The second-order valence-electron chi connectivity index (χ2n) is 10.5. The van der Waals surface area contributed by atoms with E-state index in [-0.39, 0.29) is 5.91 Å². The van der Waals surface area contributed by atoms with Gasteiger partial charge in [0.15, 0.2) is 0 Å². The minimum atomic E-state index is 0.126. The number of nitrogen functional groups attached to an aromatic ring is 1. The van der Waals surface area contributed by atoms with Gasteiger partial charge in [-0.2, -0.15) is 0 Å². The largest absolute Gasteiger partial charge is 0.384 e. The molecule has 0 bridgehead atoms. The van der Waals surface area contributed by atoms with Gasteiger partial charge in [-0.05, 0) is 61.9 Å². The highest BCUT2D eigenvalue weighted by Crippen LogP contribution is 2.34. The zero-order valence-corrected chi connectivity index (χ0v) is 22.1. The van der Waals surface area contributed by atoms with Crippen molar-refractivity contribution >= 4 is 11.7 Å². The van der Waals surface area contributed by atoms with Crippen LogP contribution in [0.25, 0.3) is 22.4 Å². The van der Waals surface area contributed by atoms with Crippen molar-refractivity contribution in [3.05, 3.63) is 59.7 Å². The fourth-order valence-corrected chi connectivity index (χ4v) is 5.86. The molecule has 2 fully saturated rings. The molecule has 0 radical (unpaired) electrons. The Bertz CT molecular complexity index is 1230. The van der Waals surface area contributed by atoms with Gasteiger partial charge in [0.25, 0.3) is 5.91 Å². The Balaban J connectivity index is 1.32. The van der Waals surface area contributed by atoms with E-state index in [0.717, 1.165) is 77.7 Å². The Labute approximate surface area is 220 Å². The topological polar surface area (TPSA) is 88.2 Å². The highest BCUT2D eigenvalue weighted by molar-refractivity contribution is 5.96. The molecule has 1 aliphatic carbocycles. The number of hydrogen-bond donors (Lipinski definition) is 1. The maximum atomic E-state index is 13.4. The minimum absolute atomic E-state index is 0.126. The Morgan fingerprint density at radius 1 is 0.973 bits per heavy atom. The number of carbonyl (C=O) groups excluding carboxylic acids is 1. The van der Waals surface area contributed by atoms with Crippen LogP contribution in [0.5, 0.6) is 0 Å². The summed E-state index contributed by atoms with van der Waals surface area (Å²) in [6.45, 7) is 8.84. The van der Waals surface area contributed by atoms with Gasteiger partial charge in [-0.25, -0.2) is 15.0 Å². The summed E-state index contributed by atoms with van der Waals surface area (Å²) >= 11 is 0. The number of carbonyl (C=O) groups is 1. The summed E-state index contributed by atoms with van der Waals surface area (Å²) in [6.07, 6.45) is 11.1. The molecule has 2 aliphatic rings. The van der Waals surface area contributed by atoms with E-state index in [2.05, 4.69) is 32.8 Å². The molecule has 7 heteroatoms. The molecule has 194 valence electrons. The lowest BCUT2D eigenvalue weighted by Gasteiger charge is -2.37. The second kappa shape index (κ2) is 11.4. The number of aryl methyl sites for hydroxylation is 2. The Morgan fingerprint density at radius 3 is 2.41 bits per heavy atom. The van der Waals surface area contributed by atoms with Gasteiger partial charge in [0.05, 0.1) is 11.4 Å². The number of anilines is 1. The van der Waals surface area contributed by atoms with Gasteiger partial charge in [0.1, 0.15) is 12.1 Å². The molecule has 1 aromatic carbocycles. The van der Waals surface area contributed by atoms with E-state index in [1.165, 1.54) is 38.6 Å². The number of nitrogens with two attached hydrogens (primary N) is 1. The summed E-state index contributed by atoms with van der Waals surface area (Å²) in [4.78, 5) is 31.5. The summed E-state index contributed by atoms with van der Waals surface area (Å²) in [7, 11) is 0. The van der Waals surface area contributed by atoms with Crippen molar-refractivity contribution in [2.45, 2.75) is 52.4 Å². The number of amides is 1. The molecule has 1 saturated carbocycles. The SMILES string of the molecule is CCc1ncnc(-c2ccc(C(=O)N3CCN(CC4CCCCC4)CC3)c(C)c2)c1-c1ccc(N)nc1. The maximum absolute atomic E-state index is 13.4. The van der Waals surface area contributed by atoms with Crippen LogP contribution < -0.4 is 5.73 Å². The van der Waals surface area contributed by atoms with Gasteiger partial charge in [-0.15, -0.1) is 0 Å². The van der Waals surface area contributed by atoms with Gasteiger partial charge in [-0.3, -0.25) is 9.69 Å². The van der Waals surface area contributed by atoms with Crippen LogP contribution in [0.4, 0.5) is 5.82 Å². The Morgan fingerprint density at radius 2 is 1.73 bits per heavy atom. The summed E-state index contributed by atoms with van der Waals surface area (Å²) in [5.74, 6) is 1.45. The lowest BCUT2D eigenvalue weighted by atomic mass is 9.89. The van der Waals surface area contributed by atoms with Crippen LogP contribution in [0.2, 0.25) is 0 Å². The zero-order valence-electron chi connectivity index (χ0n) is 22.1. The van der Waals surface area contributed by atoms with E-state index < -0.39 is 0 Å². The monoisotopic (exact) mass is 498 g/mol. The van der Waals surface area contributed by atoms with Crippen molar-refractivity contribution in [1.82, 2.24) is 24.8 Å². The number of piperazine rings is 1. The summed E-state index contributed by atoms with van der Waals surface area (Å²) < 4.78 is 0. The van der Waals surface area contributed by atoms with Crippen LogP contribution in [-0.4, -0.2) is 63.4 Å². The quantitative estimate of drug-likeness (QED) is 0.515. The first-order chi connectivity index (χ1) is 18.0. The molecule has 0 unspecified atom stereocenters. The molecule has 3 heterocycles. The second-order valence-corrected chi connectivity index (χ2v) is 10.5. The van der Waals surface area contributed by atoms with Crippen LogP contribution in [0.15, 0.2) is 42.9 Å². The molecule has 1 aliphatic heterocycles. The zero-order chi connectivity index (χ0) is 25.8. The van der Waals surface area contributed by atoms with Crippen molar-refractivity contribution in [2.75, 3.05) is 38.5 Å². The van der Waals surface area contributed by atoms with E-state index in [0.29, 0.717) is 5.82 Å². The molecule has 1 amide bonds. The van der Waals surface area contributed by atoms with Crippen LogP contribution in [0.1, 0.15) is 60.6 Å². The maximum Gasteiger partial charge on any atom is 0.254 e. The van der Waals surface area contributed by atoms with Gasteiger partial charge in [0, 0.05) is 61.2 Å². The first-order valence-electron chi connectivity index (χ1n) is 13.7. The number of aromatic nitrogens is 3.